The Balaban J connectivity index is 1.45. The van der Waals surface area contributed by atoms with Gasteiger partial charge < -0.3 is 23.9 Å². The molecular weight excluding hydrogens is 440 g/mol. The molecule has 7 nitrogen and oxygen atoms in total. The van der Waals surface area contributed by atoms with Crippen molar-refractivity contribution < 1.29 is 14.0 Å². The van der Waals surface area contributed by atoms with Gasteiger partial charge >= 0.3 is 0 Å². The quantitative estimate of drug-likeness (QED) is 0.351. The maximum absolute atomic E-state index is 5.73. The van der Waals surface area contributed by atoms with Crippen molar-refractivity contribution in [1.82, 2.24) is 20.0 Å². The number of rotatable bonds is 7. The van der Waals surface area contributed by atoms with Crippen molar-refractivity contribution in [1.29, 1.82) is 0 Å². The zero-order chi connectivity index (χ0) is 24.5. The number of methoxy groups -OCH3 is 2. The minimum absolute atomic E-state index is 0.338. The van der Waals surface area contributed by atoms with E-state index in [1.807, 2.05) is 12.1 Å². The number of aryl methyl sites for hydroxylation is 1. The van der Waals surface area contributed by atoms with Crippen molar-refractivity contribution in [2.75, 3.05) is 27.3 Å². The minimum atomic E-state index is 0.338. The second kappa shape index (κ2) is 9.74. The van der Waals surface area contributed by atoms with Gasteiger partial charge in [-0.15, -0.1) is 0 Å². The monoisotopic (exact) mass is 474 g/mol. The van der Waals surface area contributed by atoms with E-state index in [-0.39, 0.29) is 0 Å². The number of piperidine rings is 1. The van der Waals surface area contributed by atoms with Gasteiger partial charge in [-0.1, -0.05) is 12.1 Å². The first-order valence-electron chi connectivity index (χ1n) is 12.5. The Bertz CT molecular complexity index is 1320. The highest BCUT2D eigenvalue weighted by Crippen LogP contribution is 2.37. The molecule has 1 N–H and O–H groups in total. The van der Waals surface area contributed by atoms with Gasteiger partial charge in [0.15, 0.2) is 11.5 Å². The second-order valence-electron chi connectivity index (χ2n) is 9.52. The molecule has 7 heteroatoms. The summed E-state index contributed by atoms with van der Waals surface area (Å²) in [7, 11) is 3.31. The molecule has 0 atom stereocenters. The lowest BCUT2D eigenvalue weighted by atomic mass is 9.96. The lowest BCUT2D eigenvalue weighted by Crippen LogP contribution is -2.37. The molecule has 1 aliphatic heterocycles. The molecule has 1 aliphatic rings. The van der Waals surface area contributed by atoms with Crippen LogP contribution in [-0.2, 0) is 6.42 Å². The van der Waals surface area contributed by atoms with Crippen LogP contribution < -0.4 is 9.47 Å². The first kappa shape index (κ1) is 23.4. The maximum Gasteiger partial charge on any atom is 0.230 e. The van der Waals surface area contributed by atoms with Crippen molar-refractivity contribution in [3.05, 3.63) is 47.9 Å². The van der Waals surface area contributed by atoms with Gasteiger partial charge in [-0.25, -0.2) is 0 Å². The lowest BCUT2D eigenvalue weighted by molar-refractivity contribution is 0.160. The summed E-state index contributed by atoms with van der Waals surface area (Å²) in [6.45, 7) is 8.84. The van der Waals surface area contributed by atoms with Crippen LogP contribution in [0.4, 0.5) is 0 Å². The highest BCUT2D eigenvalue weighted by atomic mass is 16.5. The van der Waals surface area contributed by atoms with Crippen LogP contribution in [0.5, 0.6) is 11.5 Å². The molecule has 1 fully saturated rings. The summed E-state index contributed by atoms with van der Waals surface area (Å²) in [4.78, 5) is 10.9. The highest BCUT2D eigenvalue weighted by molar-refractivity contribution is 5.93. The van der Waals surface area contributed by atoms with Crippen molar-refractivity contribution in [3.63, 3.8) is 0 Å². The second-order valence-corrected chi connectivity index (χ2v) is 9.52. The van der Waals surface area contributed by atoms with E-state index in [2.05, 4.69) is 60.1 Å². The maximum atomic E-state index is 5.73. The van der Waals surface area contributed by atoms with Gasteiger partial charge in [0, 0.05) is 39.7 Å². The molecule has 3 heterocycles. The van der Waals surface area contributed by atoms with Gasteiger partial charge in [0.2, 0.25) is 11.7 Å². The summed E-state index contributed by atoms with van der Waals surface area (Å²) in [5.74, 6) is 3.19. The number of hydrogen-bond acceptors (Lipinski definition) is 6. The molecule has 0 unspecified atom stereocenters. The Morgan fingerprint density at radius 1 is 1.03 bits per heavy atom. The van der Waals surface area contributed by atoms with E-state index < -0.39 is 0 Å². The summed E-state index contributed by atoms with van der Waals surface area (Å²) in [6.07, 6.45) is 3.01. The van der Waals surface area contributed by atoms with Crippen LogP contribution in [0.3, 0.4) is 0 Å². The number of H-pyrrole nitrogens is 1. The van der Waals surface area contributed by atoms with Crippen molar-refractivity contribution in [2.45, 2.75) is 52.0 Å². The number of aromatic nitrogens is 3. The number of hydrogen-bond donors (Lipinski definition) is 1. The molecule has 0 radical (unpaired) electrons. The third-order valence-electron chi connectivity index (χ3n) is 7.24. The molecule has 1 saturated heterocycles. The van der Waals surface area contributed by atoms with Crippen LogP contribution in [0.25, 0.3) is 33.5 Å². The zero-order valence-corrected chi connectivity index (χ0v) is 21.2. The third-order valence-corrected chi connectivity index (χ3v) is 7.24. The molecule has 0 saturated carbocycles. The standard InChI is InChI=1S/C28H34N4O3/c1-6-21-22-15-20(27-30-28(35-31-27)18-11-13-32(14-12-18)17(2)3)7-9-23(22)29-26(21)19-8-10-24(33-4)25(16-19)34-5/h7-10,15-18,29H,6,11-14H2,1-5H3. The van der Waals surface area contributed by atoms with E-state index in [9.17, 15) is 0 Å². The minimum Gasteiger partial charge on any atom is -0.493 e. The first-order valence-corrected chi connectivity index (χ1v) is 12.5. The van der Waals surface area contributed by atoms with Gasteiger partial charge in [-0.05, 0) is 88.2 Å². The summed E-state index contributed by atoms with van der Waals surface area (Å²) in [6, 6.07) is 12.9. The highest BCUT2D eigenvalue weighted by Gasteiger charge is 2.26. The average Bonchev–Trinajstić information content (AvgIpc) is 3.53. The molecule has 4 aromatic rings. The van der Waals surface area contributed by atoms with E-state index in [0.717, 1.165) is 66.3 Å². The fourth-order valence-electron chi connectivity index (χ4n) is 5.17. The number of nitrogens with zero attached hydrogens (tertiary/aromatic N) is 3. The lowest BCUT2D eigenvalue weighted by Gasteiger charge is -2.33. The van der Waals surface area contributed by atoms with Crippen molar-refractivity contribution in [2.24, 2.45) is 0 Å². The van der Waals surface area contributed by atoms with Crippen LogP contribution in [0.15, 0.2) is 40.9 Å². The van der Waals surface area contributed by atoms with E-state index in [1.165, 1.54) is 10.9 Å². The molecule has 0 spiro atoms. The van der Waals surface area contributed by atoms with E-state index >= 15 is 0 Å². The van der Waals surface area contributed by atoms with Crippen LogP contribution in [0.1, 0.15) is 51.0 Å². The molecule has 35 heavy (non-hydrogen) atoms. The average molecular weight is 475 g/mol. The van der Waals surface area contributed by atoms with Crippen LogP contribution >= 0.6 is 0 Å². The van der Waals surface area contributed by atoms with Crippen LogP contribution in [-0.4, -0.2) is 53.4 Å². The predicted molar refractivity (Wildman–Crippen MR) is 138 cm³/mol. The Labute approximate surface area is 206 Å². The van der Waals surface area contributed by atoms with Gasteiger partial charge in [0.25, 0.3) is 0 Å². The molecule has 184 valence electrons. The molecule has 0 aliphatic carbocycles. The fourth-order valence-corrected chi connectivity index (χ4v) is 5.17. The predicted octanol–water partition coefficient (Wildman–Crippen LogP) is 6.05. The SMILES string of the molecule is CCc1c(-c2ccc(OC)c(OC)c2)[nH]c2ccc(-c3noc(C4CCN(C(C)C)CC4)n3)cc12. The van der Waals surface area contributed by atoms with Gasteiger partial charge in [-0.2, -0.15) is 4.98 Å². The topological polar surface area (TPSA) is 76.4 Å². The van der Waals surface area contributed by atoms with Crippen LogP contribution in [0.2, 0.25) is 0 Å². The summed E-state index contributed by atoms with van der Waals surface area (Å²) in [5.41, 5.74) is 5.46. The normalized spacial score (nSPS) is 15.3. The molecule has 2 aromatic carbocycles. The smallest absolute Gasteiger partial charge is 0.230 e. The molecule has 5 rings (SSSR count). The largest absolute Gasteiger partial charge is 0.493 e. The number of benzene rings is 2. The molecule has 2 aromatic heterocycles. The van der Waals surface area contributed by atoms with E-state index in [4.69, 9.17) is 19.0 Å². The molecular formula is C28H34N4O3. The fraction of sp³-hybridized carbons (Fsp3) is 0.429. The summed E-state index contributed by atoms with van der Waals surface area (Å²) >= 11 is 0. The van der Waals surface area contributed by atoms with E-state index in [1.54, 1.807) is 14.2 Å². The third kappa shape index (κ3) is 4.41. The number of likely N-dealkylation sites (tertiary alicyclic amines) is 1. The Hall–Kier alpha value is -3.32. The number of nitrogens with one attached hydrogen (secondary N) is 1. The zero-order valence-electron chi connectivity index (χ0n) is 21.2. The summed E-state index contributed by atoms with van der Waals surface area (Å²) < 4.78 is 16.7. The molecule has 0 bridgehead atoms. The van der Waals surface area contributed by atoms with Crippen molar-refractivity contribution >= 4 is 10.9 Å². The number of aromatic amines is 1. The number of fused-ring (bicyclic) bond motifs is 1. The Kier molecular flexibility index (Phi) is 6.52. The van der Waals surface area contributed by atoms with Gasteiger partial charge in [0.05, 0.1) is 14.2 Å². The summed E-state index contributed by atoms with van der Waals surface area (Å²) in [5, 5.41) is 5.52. The Morgan fingerprint density at radius 2 is 1.77 bits per heavy atom. The first-order chi connectivity index (χ1) is 17.0. The van der Waals surface area contributed by atoms with Gasteiger partial charge in [0.1, 0.15) is 0 Å². The molecule has 0 amide bonds. The van der Waals surface area contributed by atoms with E-state index in [0.29, 0.717) is 23.5 Å². The Morgan fingerprint density at radius 3 is 2.46 bits per heavy atom. The van der Waals surface area contributed by atoms with Gasteiger partial charge in [-0.3, -0.25) is 0 Å². The van der Waals surface area contributed by atoms with Crippen LogP contribution in [0, 0.1) is 0 Å². The number of ether oxygens (including phenoxy) is 2. The van der Waals surface area contributed by atoms with Crippen molar-refractivity contribution in [3.8, 4) is 34.1 Å².